The molecule has 0 saturated carbocycles. The van der Waals surface area contributed by atoms with Crippen molar-refractivity contribution in [2.45, 2.75) is 52.6 Å². The minimum Gasteiger partial charge on any atom is -0.431 e. The Labute approximate surface area is 102 Å². The average Bonchev–Trinajstić information content (AvgIpc) is 2.45. The molecule has 1 rings (SSSR count). The van der Waals surface area contributed by atoms with E-state index in [-0.39, 0.29) is 22.7 Å². The fourth-order valence-corrected chi connectivity index (χ4v) is 1.16. The number of oxazole rings is 1. The lowest BCUT2D eigenvalue weighted by molar-refractivity contribution is 0.0914. The molecule has 5 heteroatoms. The van der Waals surface area contributed by atoms with Gasteiger partial charge in [0.05, 0.1) is 0 Å². The number of amides is 1. The predicted molar refractivity (Wildman–Crippen MR) is 67.1 cm³/mol. The summed E-state index contributed by atoms with van der Waals surface area (Å²) < 4.78 is 5.19. The second-order valence-electron chi connectivity index (χ2n) is 6.12. The van der Waals surface area contributed by atoms with E-state index in [9.17, 15) is 4.79 Å². The summed E-state index contributed by atoms with van der Waals surface area (Å²) in [5.74, 6) is -0.233. The molecule has 0 bridgehead atoms. The lowest BCUT2D eigenvalue weighted by atomic mass is 10.1. The molecule has 0 aliphatic rings. The van der Waals surface area contributed by atoms with Crippen molar-refractivity contribution in [2.24, 2.45) is 0 Å². The van der Waals surface area contributed by atoms with Gasteiger partial charge in [-0.1, -0.05) is 0 Å². The van der Waals surface area contributed by atoms with Gasteiger partial charge in [0.2, 0.25) is 0 Å². The van der Waals surface area contributed by atoms with Crippen molar-refractivity contribution in [1.29, 1.82) is 0 Å². The average molecular weight is 239 g/mol. The monoisotopic (exact) mass is 239 g/mol. The maximum Gasteiger partial charge on any atom is 0.295 e. The zero-order valence-electron chi connectivity index (χ0n) is 11.3. The zero-order chi connectivity index (χ0) is 13.3. The number of nitrogens with one attached hydrogen (secondary N) is 2. The summed E-state index contributed by atoms with van der Waals surface area (Å²) in [7, 11) is 0. The molecule has 5 nitrogen and oxygen atoms in total. The van der Waals surface area contributed by atoms with E-state index in [2.05, 4.69) is 15.6 Å². The Bertz CT molecular complexity index is 397. The van der Waals surface area contributed by atoms with Crippen molar-refractivity contribution >= 4 is 11.9 Å². The maximum absolute atomic E-state index is 11.8. The third kappa shape index (κ3) is 4.89. The Kier molecular flexibility index (Phi) is 3.50. The number of nitrogens with zero attached hydrogens (tertiary/aromatic N) is 1. The topological polar surface area (TPSA) is 67.2 Å². The second kappa shape index (κ2) is 4.39. The molecule has 0 aliphatic heterocycles. The summed E-state index contributed by atoms with van der Waals surface area (Å²) in [4.78, 5) is 15.9. The van der Waals surface area contributed by atoms with Gasteiger partial charge in [-0.05, 0) is 41.5 Å². The second-order valence-corrected chi connectivity index (χ2v) is 6.12. The largest absolute Gasteiger partial charge is 0.431 e. The minimum atomic E-state index is -0.284. The van der Waals surface area contributed by atoms with E-state index in [0.717, 1.165) is 0 Å². The highest BCUT2D eigenvalue weighted by molar-refractivity contribution is 5.92. The van der Waals surface area contributed by atoms with E-state index in [4.69, 9.17) is 4.42 Å². The standard InChI is InChI=1S/C12H21N3O2/c1-11(2,3)14-9(16)8-7-17-10(13-8)15-12(4,5)6/h7H,1-6H3,(H,13,15)(H,14,16). The lowest BCUT2D eigenvalue weighted by Crippen LogP contribution is -2.40. The van der Waals surface area contributed by atoms with E-state index >= 15 is 0 Å². The van der Waals surface area contributed by atoms with Gasteiger partial charge in [-0.15, -0.1) is 0 Å². The van der Waals surface area contributed by atoms with Crippen molar-refractivity contribution in [3.63, 3.8) is 0 Å². The van der Waals surface area contributed by atoms with Crippen molar-refractivity contribution in [3.05, 3.63) is 12.0 Å². The number of anilines is 1. The van der Waals surface area contributed by atoms with Crippen LogP contribution in [0.2, 0.25) is 0 Å². The van der Waals surface area contributed by atoms with Gasteiger partial charge < -0.3 is 15.1 Å². The van der Waals surface area contributed by atoms with E-state index in [1.54, 1.807) is 0 Å². The molecule has 1 amide bonds. The van der Waals surface area contributed by atoms with E-state index in [1.165, 1.54) is 6.26 Å². The predicted octanol–water partition coefficient (Wildman–Crippen LogP) is 2.41. The van der Waals surface area contributed by atoms with E-state index < -0.39 is 0 Å². The lowest BCUT2D eigenvalue weighted by Gasteiger charge is -2.19. The van der Waals surface area contributed by atoms with Gasteiger partial charge in [-0.2, -0.15) is 4.98 Å². The molecular formula is C12H21N3O2. The first-order valence-corrected chi connectivity index (χ1v) is 5.63. The molecule has 2 N–H and O–H groups in total. The molecule has 1 heterocycles. The van der Waals surface area contributed by atoms with Crippen LogP contribution in [-0.4, -0.2) is 22.0 Å². The van der Waals surface area contributed by atoms with Crippen molar-refractivity contribution < 1.29 is 9.21 Å². The van der Waals surface area contributed by atoms with Crippen LogP contribution in [0.4, 0.5) is 6.01 Å². The molecule has 96 valence electrons. The minimum absolute atomic E-state index is 0.150. The first kappa shape index (κ1) is 13.5. The number of carbonyl (C=O) groups is 1. The van der Waals surface area contributed by atoms with Crippen LogP contribution >= 0.6 is 0 Å². The Hall–Kier alpha value is -1.52. The van der Waals surface area contributed by atoms with Gasteiger partial charge in [0.25, 0.3) is 11.9 Å². The van der Waals surface area contributed by atoms with Gasteiger partial charge in [0.15, 0.2) is 5.69 Å². The van der Waals surface area contributed by atoms with Gasteiger partial charge in [-0.3, -0.25) is 4.79 Å². The summed E-state index contributed by atoms with van der Waals surface area (Å²) in [5, 5.41) is 5.88. The summed E-state index contributed by atoms with van der Waals surface area (Å²) in [6, 6.07) is 0.358. The molecule has 0 radical (unpaired) electrons. The Morgan fingerprint density at radius 1 is 1.18 bits per heavy atom. The van der Waals surface area contributed by atoms with Crippen molar-refractivity contribution in [1.82, 2.24) is 10.3 Å². The normalized spacial score (nSPS) is 12.4. The highest BCUT2D eigenvalue weighted by Crippen LogP contribution is 2.14. The van der Waals surface area contributed by atoms with Crippen LogP contribution in [0, 0.1) is 0 Å². The van der Waals surface area contributed by atoms with Crippen molar-refractivity contribution in [2.75, 3.05) is 5.32 Å². The van der Waals surface area contributed by atoms with Crippen LogP contribution in [0.5, 0.6) is 0 Å². The molecule has 1 aromatic heterocycles. The summed E-state index contributed by atoms with van der Waals surface area (Å²) in [5.41, 5.74) is -0.150. The molecule has 0 aliphatic carbocycles. The zero-order valence-corrected chi connectivity index (χ0v) is 11.3. The Balaban J connectivity index is 2.72. The van der Waals surface area contributed by atoms with Gasteiger partial charge >= 0.3 is 0 Å². The smallest absolute Gasteiger partial charge is 0.295 e. The summed E-state index contributed by atoms with van der Waals surface area (Å²) in [6.45, 7) is 11.7. The van der Waals surface area contributed by atoms with Crippen LogP contribution in [-0.2, 0) is 0 Å². The number of rotatable bonds is 2. The summed E-state index contributed by atoms with van der Waals surface area (Å²) >= 11 is 0. The summed E-state index contributed by atoms with van der Waals surface area (Å²) in [6.07, 6.45) is 1.36. The molecule has 0 unspecified atom stereocenters. The highest BCUT2D eigenvalue weighted by Gasteiger charge is 2.20. The first-order valence-electron chi connectivity index (χ1n) is 5.63. The number of carbonyl (C=O) groups excluding carboxylic acids is 1. The fourth-order valence-electron chi connectivity index (χ4n) is 1.16. The SMILES string of the molecule is CC(C)(C)NC(=O)c1coc(NC(C)(C)C)n1. The third-order valence-electron chi connectivity index (χ3n) is 1.71. The molecule has 0 atom stereocenters. The molecule has 0 saturated heterocycles. The quantitative estimate of drug-likeness (QED) is 0.831. The third-order valence-corrected chi connectivity index (χ3v) is 1.71. The van der Waals surface area contributed by atoms with Gasteiger partial charge in [0.1, 0.15) is 6.26 Å². The highest BCUT2D eigenvalue weighted by atomic mass is 16.4. The van der Waals surface area contributed by atoms with Crippen LogP contribution in [0.1, 0.15) is 52.0 Å². The van der Waals surface area contributed by atoms with Crippen LogP contribution in [0.3, 0.4) is 0 Å². The Morgan fingerprint density at radius 2 is 1.76 bits per heavy atom. The molecular weight excluding hydrogens is 218 g/mol. The number of hydrogen-bond donors (Lipinski definition) is 2. The van der Waals surface area contributed by atoms with Crippen LogP contribution in [0.15, 0.2) is 10.7 Å². The maximum atomic E-state index is 11.8. The van der Waals surface area contributed by atoms with Crippen LogP contribution in [0.25, 0.3) is 0 Å². The molecule has 0 aromatic carbocycles. The number of hydrogen-bond acceptors (Lipinski definition) is 4. The van der Waals surface area contributed by atoms with Crippen LogP contribution < -0.4 is 10.6 Å². The van der Waals surface area contributed by atoms with Gasteiger partial charge in [0, 0.05) is 11.1 Å². The van der Waals surface area contributed by atoms with E-state index in [0.29, 0.717) is 6.01 Å². The molecule has 0 spiro atoms. The van der Waals surface area contributed by atoms with E-state index in [1.807, 2.05) is 41.5 Å². The number of aromatic nitrogens is 1. The molecule has 1 aromatic rings. The first-order chi connectivity index (χ1) is 7.57. The molecule has 17 heavy (non-hydrogen) atoms. The fraction of sp³-hybridized carbons (Fsp3) is 0.667. The van der Waals surface area contributed by atoms with Crippen molar-refractivity contribution in [3.8, 4) is 0 Å². The van der Waals surface area contributed by atoms with Gasteiger partial charge in [-0.25, -0.2) is 0 Å². The molecule has 0 fully saturated rings. The Morgan fingerprint density at radius 3 is 2.24 bits per heavy atom.